The molecule has 10 nitrogen and oxygen atoms in total. The van der Waals surface area contributed by atoms with Gasteiger partial charge in [-0.2, -0.15) is 5.10 Å². The van der Waals surface area contributed by atoms with E-state index < -0.39 is 18.1 Å². The van der Waals surface area contributed by atoms with Crippen LogP contribution < -0.4 is 4.74 Å². The second kappa shape index (κ2) is 10.2. The Balaban J connectivity index is 0.000000196. The maximum absolute atomic E-state index is 12.1. The Morgan fingerprint density at radius 1 is 1.26 bits per heavy atom. The van der Waals surface area contributed by atoms with E-state index in [-0.39, 0.29) is 28.6 Å². The van der Waals surface area contributed by atoms with Gasteiger partial charge in [0, 0.05) is 16.6 Å². The number of ketones is 1. The molecule has 34 heavy (non-hydrogen) atoms. The largest absolute Gasteiger partial charge is 0.573 e. The van der Waals surface area contributed by atoms with Gasteiger partial charge in [0.25, 0.3) is 0 Å². The molecule has 0 saturated heterocycles. The lowest BCUT2D eigenvalue weighted by Gasteiger charge is -2.09. The molecule has 178 valence electrons. The fourth-order valence-corrected chi connectivity index (χ4v) is 3.48. The van der Waals surface area contributed by atoms with Crippen LogP contribution in [0.25, 0.3) is 17.1 Å². The second-order valence-electron chi connectivity index (χ2n) is 6.49. The molecular weight excluding hydrogens is 479 g/mol. The first-order chi connectivity index (χ1) is 16.0. The van der Waals surface area contributed by atoms with E-state index in [2.05, 4.69) is 19.9 Å². The molecule has 1 aromatic carbocycles. The van der Waals surface area contributed by atoms with Gasteiger partial charge in [0.05, 0.1) is 11.4 Å². The van der Waals surface area contributed by atoms with Crippen molar-refractivity contribution in [3.63, 3.8) is 0 Å². The van der Waals surface area contributed by atoms with Crippen LogP contribution >= 0.6 is 11.3 Å². The molecule has 0 unspecified atom stereocenters. The van der Waals surface area contributed by atoms with Crippen molar-refractivity contribution in [2.45, 2.75) is 19.8 Å². The topological polar surface area (TPSA) is 144 Å². The molecule has 2 N–H and O–H groups in total. The van der Waals surface area contributed by atoms with Crippen molar-refractivity contribution in [3.05, 3.63) is 70.2 Å². The fourth-order valence-electron chi connectivity index (χ4n) is 2.60. The average Bonchev–Trinajstić information content (AvgIpc) is 3.48. The summed E-state index contributed by atoms with van der Waals surface area (Å²) in [5.41, 5.74) is 6.95. The number of Topliss-reactive ketones (excluding diaryl/α,β-unsaturated/α-hetero) is 1. The molecule has 14 heteroatoms. The lowest BCUT2D eigenvalue weighted by Crippen LogP contribution is -2.17. The number of nitrogens with one attached hydrogen (secondary N) is 1. The zero-order valence-electron chi connectivity index (χ0n) is 17.2. The van der Waals surface area contributed by atoms with Gasteiger partial charge in [-0.15, -0.1) is 24.5 Å². The van der Waals surface area contributed by atoms with E-state index in [1.54, 1.807) is 13.0 Å². The number of halogens is 3. The highest BCUT2D eigenvalue weighted by molar-refractivity contribution is 7.14. The number of carbonyl (C=O) groups is 2. The Labute approximate surface area is 193 Å². The Morgan fingerprint density at radius 2 is 2.03 bits per heavy atom. The second-order valence-corrected chi connectivity index (χ2v) is 7.66. The third-order valence-electron chi connectivity index (χ3n) is 3.94. The Kier molecular flexibility index (Phi) is 7.31. The SMILES string of the molecule is CC(=O)c1ccc(Cn2ncc([NH-])n2)s1.O=C(O)c1ncoc1-c1cccc(OC(F)(F)F)c1. The van der Waals surface area contributed by atoms with Crippen LogP contribution in [0.2, 0.25) is 0 Å². The van der Waals surface area contributed by atoms with Crippen LogP contribution in [0.1, 0.15) is 32.0 Å². The summed E-state index contributed by atoms with van der Waals surface area (Å²) in [6.45, 7) is 2.06. The highest BCUT2D eigenvalue weighted by atomic mass is 32.1. The number of carbonyl (C=O) groups excluding carboxylic acids is 1. The quantitative estimate of drug-likeness (QED) is 0.360. The number of nitrogens with zero attached hydrogens (tertiary/aromatic N) is 4. The van der Waals surface area contributed by atoms with Crippen LogP contribution in [0.4, 0.5) is 19.0 Å². The molecule has 0 spiro atoms. The summed E-state index contributed by atoms with van der Waals surface area (Å²) in [6, 6.07) is 8.46. The van der Waals surface area contributed by atoms with Crippen LogP contribution in [-0.4, -0.2) is 43.2 Å². The van der Waals surface area contributed by atoms with Gasteiger partial charge in [0.15, 0.2) is 23.6 Å². The molecule has 0 saturated carbocycles. The number of carboxylic acids is 1. The minimum absolute atomic E-state index is 0.0702. The van der Waals surface area contributed by atoms with Gasteiger partial charge in [-0.05, 0) is 37.0 Å². The van der Waals surface area contributed by atoms with Crippen LogP contribution in [-0.2, 0) is 6.54 Å². The fraction of sp³-hybridized carbons (Fsp3) is 0.150. The number of thiophene rings is 1. The molecule has 3 heterocycles. The molecule has 3 aromatic heterocycles. The molecule has 0 atom stereocenters. The van der Waals surface area contributed by atoms with Crippen LogP contribution in [0.3, 0.4) is 0 Å². The van der Waals surface area contributed by atoms with E-state index in [0.29, 0.717) is 6.54 Å². The van der Waals surface area contributed by atoms with Gasteiger partial charge in [-0.1, -0.05) is 12.1 Å². The first kappa shape index (κ1) is 24.4. The molecule has 0 aliphatic carbocycles. The molecule has 0 aliphatic rings. The maximum Gasteiger partial charge on any atom is 0.573 e. The molecule has 0 radical (unpaired) electrons. The number of ether oxygens (including phenoxy) is 1. The van der Waals surface area contributed by atoms with Crippen molar-refractivity contribution in [1.29, 1.82) is 0 Å². The third kappa shape index (κ3) is 6.65. The lowest BCUT2D eigenvalue weighted by molar-refractivity contribution is -0.274. The molecule has 0 amide bonds. The molecule has 0 fully saturated rings. The zero-order valence-corrected chi connectivity index (χ0v) is 18.1. The number of alkyl halides is 3. The van der Waals surface area contributed by atoms with Crippen molar-refractivity contribution in [1.82, 2.24) is 20.0 Å². The number of benzene rings is 1. The minimum Gasteiger partial charge on any atom is -0.480 e. The highest BCUT2D eigenvalue weighted by Crippen LogP contribution is 2.29. The molecule has 4 rings (SSSR count). The number of oxazole rings is 1. The van der Waals surface area contributed by atoms with E-state index in [1.807, 2.05) is 6.07 Å². The van der Waals surface area contributed by atoms with E-state index in [9.17, 15) is 22.8 Å². The zero-order chi connectivity index (χ0) is 24.9. The number of rotatable bonds is 6. The molecule has 0 bridgehead atoms. The molecule has 4 aromatic rings. The first-order valence-corrected chi connectivity index (χ1v) is 10.1. The number of aromatic nitrogens is 4. The van der Waals surface area contributed by atoms with E-state index >= 15 is 0 Å². The van der Waals surface area contributed by atoms with Crippen LogP contribution in [0.15, 0.2) is 53.4 Å². The van der Waals surface area contributed by atoms with E-state index in [0.717, 1.165) is 28.3 Å². The van der Waals surface area contributed by atoms with Gasteiger partial charge in [0.1, 0.15) is 5.75 Å². The monoisotopic (exact) mass is 494 g/mol. The standard InChI is InChI=1S/C11H6F3NO4.C9H9N4OS/c12-11(13,14)19-7-3-1-2-6(4-7)9-8(10(16)17)15-5-18-9;1-6(14)8-3-2-7(15-8)5-13-11-4-9(10)12-13/h1-5H,(H,16,17);2-4H,5H2,1H3,(H-,10,12)/q;-1. The number of aromatic carboxylic acids is 1. The Morgan fingerprint density at radius 3 is 2.62 bits per heavy atom. The van der Waals surface area contributed by atoms with Crippen molar-refractivity contribution in [2.75, 3.05) is 0 Å². The van der Waals surface area contributed by atoms with E-state index in [1.165, 1.54) is 34.5 Å². The predicted molar refractivity (Wildman–Crippen MR) is 113 cm³/mol. The number of hydrogen-bond donors (Lipinski definition) is 1. The molecule has 0 aliphatic heterocycles. The summed E-state index contributed by atoms with van der Waals surface area (Å²) in [7, 11) is 0. The third-order valence-corrected chi connectivity index (χ3v) is 5.11. The average molecular weight is 494 g/mol. The summed E-state index contributed by atoms with van der Waals surface area (Å²) in [4.78, 5) is 28.6. The Hall–Kier alpha value is -4.20. The highest BCUT2D eigenvalue weighted by Gasteiger charge is 2.31. The van der Waals surface area contributed by atoms with Crippen molar-refractivity contribution < 1.29 is 37.0 Å². The van der Waals surface area contributed by atoms with Crippen LogP contribution in [0, 0.1) is 0 Å². The van der Waals surface area contributed by atoms with Gasteiger partial charge in [-0.25, -0.2) is 9.78 Å². The van der Waals surface area contributed by atoms with Crippen molar-refractivity contribution in [2.24, 2.45) is 0 Å². The smallest absolute Gasteiger partial charge is 0.480 e. The summed E-state index contributed by atoms with van der Waals surface area (Å²) in [5, 5.41) is 16.6. The maximum atomic E-state index is 12.1. The van der Waals surface area contributed by atoms with Crippen LogP contribution in [0.5, 0.6) is 5.75 Å². The van der Waals surface area contributed by atoms with E-state index in [4.69, 9.17) is 15.3 Å². The summed E-state index contributed by atoms with van der Waals surface area (Å²) < 4.78 is 44.8. The van der Waals surface area contributed by atoms with Crippen molar-refractivity contribution in [3.8, 4) is 17.1 Å². The summed E-state index contributed by atoms with van der Waals surface area (Å²) >= 11 is 1.43. The minimum atomic E-state index is -4.82. The number of carboxylic acid groups (broad SMARTS) is 1. The van der Waals surface area contributed by atoms with Crippen molar-refractivity contribution >= 4 is 28.9 Å². The normalized spacial score (nSPS) is 10.9. The van der Waals surface area contributed by atoms with Gasteiger partial charge in [-0.3, -0.25) is 9.59 Å². The molecular formula is C20H15F3N5O5S-. The van der Waals surface area contributed by atoms with Gasteiger partial charge < -0.3 is 25.1 Å². The first-order valence-electron chi connectivity index (χ1n) is 9.26. The Bertz CT molecular complexity index is 1300. The van der Waals surface area contributed by atoms with Gasteiger partial charge in [0.2, 0.25) is 0 Å². The summed E-state index contributed by atoms with van der Waals surface area (Å²) in [5.74, 6) is -1.73. The lowest BCUT2D eigenvalue weighted by atomic mass is 10.1. The number of hydrogen-bond acceptors (Lipinski definition) is 8. The predicted octanol–water partition coefficient (Wildman–Crippen LogP) is 5.21. The van der Waals surface area contributed by atoms with Gasteiger partial charge >= 0.3 is 12.3 Å². The summed E-state index contributed by atoms with van der Waals surface area (Å²) in [6.07, 6.45) is -2.54.